The summed E-state index contributed by atoms with van der Waals surface area (Å²) in [4.78, 5) is 0. The summed E-state index contributed by atoms with van der Waals surface area (Å²) >= 11 is 0. The summed E-state index contributed by atoms with van der Waals surface area (Å²) in [6, 6.07) is 29.0. The molecule has 0 heterocycles. The standard InChI is InChI=1S/C28H24/c1-20-13-16-24-25-17-14-21(2)19-27(25)28(26(24)18-15-20,22-9-5-3-6-10-22)23-11-7-4-8-12-23/h3-17,19H,18H2,1-2H3. The quantitative estimate of drug-likeness (QED) is 0.461. The average molecular weight is 361 g/mol. The molecule has 0 unspecified atom stereocenters. The third kappa shape index (κ3) is 2.38. The molecule has 3 aromatic carbocycles. The lowest BCUT2D eigenvalue weighted by Gasteiger charge is -2.36. The van der Waals surface area contributed by atoms with Crippen molar-refractivity contribution in [1.82, 2.24) is 0 Å². The molecule has 0 radical (unpaired) electrons. The first-order valence-corrected chi connectivity index (χ1v) is 10.0. The molecule has 2 aliphatic carbocycles. The van der Waals surface area contributed by atoms with Crippen LogP contribution in [0.4, 0.5) is 0 Å². The molecule has 0 aromatic heterocycles. The van der Waals surface area contributed by atoms with Gasteiger partial charge in [-0.2, -0.15) is 0 Å². The minimum absolute atomic E-state index is 0.245. The van der Waals surface area contributed by atoms with Gasteiger partial charge in [-0.15, -0.1) is 0 Å². The van der Waals surface area contributed by atoms with E-state index in [0.717, 1.165) is 6.42 Å². The van der Waals surface area contributed by atoms with Crippen LogP contribution in [0.25, 0.3) is 5.57 Å². The molecular formula is C28H24. The van der Waals surface area contributed by atoms with Gasteiger partial charge in [0.1, 0.15) is 0 Å². The van der Waals surface area contributed by atoms with Gasteiger partial charge in [-0.3, -0.25) is 0 Å². The number of allylic oxidation sites excluding steroid dienone is 6. The highest BCUT2D eigenvalue weighted by Gasteiger charge is 2.46. The summed E-state index contributed by atoms with van der Waals surface area (Å²) in [6.07, 6.45) is 7.93. The average Bonchev–Trinajstić information content (AvgIpc) is 2.86. The lowest BCUT2D eigenvalue weighted by molar-refractivity contribution is 0.724. The van der Waals surface area contributed by atoms with Crippen LogP contribution in [0.15, 0.2) is 108 Å². The number of benzene rings is 3. The van der Waals surface area contributed by atoms with E-state index in [2.05, 4.69) is 111 Å². The van der Waals surface area contributed by atoms with Crippen molar-refractivity contribution in [3.05, 3.63) is 136 Å². The predicted molar refractivity (Wildman–Crippen MR) is 118 cm³/mol. The molecule has 136 valence electrons. The monoisotopic (exact) mass is 360 g/mol. The van der Waals surface area contributed by atoms with E-state index in [0.29, 0.717) is 0 Å². The summed E-state index contributed by atoms with van der Waals surface area (Å²) in [6.45, 7) is 4.39. The van der Waals surface area contributed by atoms with Crippen molar-refractivity contribution in [3.8, 4) is 0 Å². The fourth-order valence-electron chi connectivity index (χ4n) is 4.93. The second-order valence-electron chi connectivity index (χ2n) is 7.91. The first-order valence-electron chi connectivity index (χ1n) is 10.0. The molecule has 0 heteroatoms. The third-order valence-electron chi connectivity index (χ3n) is 6.20. The van der Waals surface area contributed by atoms with Crippen LogP contribution in [-0.4, -0.2) is 0 Å². The van der Waals surface area contributed by atoms with Crippen LogP contribution in [0.2, 0.25) is 0 Å². The van der Waals surface area contributed by atoms with Gasteiger partial charge in [0.05, 0.1) is 5.41 Å². The number of rotatable bonds is 2. The Kier molecular flexibility index (Phi) is 3.94. The summed E-state index contributed by atoms with van der Waals surface area (Å²) in [5.41, 5.74) is 10.7. The molecule has 0 atom stereocenters. The molecule has 0 amide bonds. The molecule has 0 nitrogen and oxygen atoms in total. The van der Waals surface area contributed by atoms with Crippen molar-refractivity contribution in [3.63, 3.8) is 0 Å². The van der Waals surface area contributed by atoms with E-state index >= 15 is 0 Å². The zero-order valence-corrected chi connectivity index (χ0v) is 16.4. The molecule has 0 aliphatic heterocycles. The Morgan fingerprint density at radius 1 is 0.714 bits per heavy atom. The highest BCUT2D eigenvalue weighted by atomic mass is 14.5. The van der Waals surface area contributed by atoms with Crippen LogP contribution in [0.1, 0.15) is 41.2 Å². The van der Waals surface area contributed by atoms with Crippen LogP contribution >= 0.6 is 0 Å². The normalized spacial score (nSPS) is 17.0. The van der Waals surface area contributed by atoms with Gasteiger partial charge in [0.25, 0.3) is 0 Å². The molecule has 0 saturated heterocycles. The van der Waals surface area contributed by atoms with Crippen LogP contribution in [0.3, 0.4) is 0 Å². The van der Waals surface area contributed by atoms with Crippen molar-refractivity contribution >= 4 is 5.57 Å². The lowest BCUT2D eigenvalue weighted by atomic mass is 9.66. The molecule has 0 spiro atoms. The molecule has 2 aliphatic rings. The number of fused-ring (bicyclic) bond motifs is 2. The maximum atomic E-state index is 2.40. The number of aryl methyl sites for hydroxylation is 1. The van der Waals surface area contributed by atoms with E-state index < -0.39 is 0 Å². The van der Waals surface area contributed by atoms with E-state index in [1.807, 2.05) is 0 Å². The summed E-state index contributed by atoms with van der Waals surface area (Å²) in [5, 5.41) is 0. The molecule has 0 saturated carbocycles. The predicted octanol–water partition coefficient (Wildman–Crippen LogP) is 7.00. The third-order valence-corrected chi connectivity index (χ3v) is 6.20. The van der Waals surface area contributed by atoms with Gasteiger partial charge in [-0.05, 0) is 53.7 Å². The maximum Gasteiger partial charge on any atom is 0.0679 e. The van der Waals surface area contributed by atoms with Crippen LogP contribution in [0, 0.1) is 6.92 Å². The molecule has 28 heavy (non-hydrogen) atoms. The Balaban J connectivity index is 1.94. The van der Waals surface area contributed by atoms with Gasteiger partial charge in [0.2, 0.25) is 0 Å². The van der Waals surface area contributed by atoms with E-state index in [1.165, 1.54) is 44.5 Å². The van der Waals surface area contributed by atoms with Crippen LogP contribution in [-0.2, 0) is 5.41 Å². The van der Waals surface area contributed by atoms with Crippen LogP contribution < -0.4 is 0 Å². The van der Waals surface area contributed by atoms with Gasteiger partial charge in [0, 0.05) is 0 Å². The maximum absolute atomic E-state index is 2.40. The smallest absolute Gasteiger partial charge is 0.0679 e. The molecule has 0 N–H and O–H groups in total. The van der Waals surface area contributed by atoms with Crippen LogP contribution in [0.5, 0.6) is 0 Å². The van der Waals surface area contributed by atoms with Gasteiger partial charge in [0.15, 0.2) is 0 Å². The minimum atomic E-state index is -0.245. The second-order valence-corrected chi connectivity index (χ2v) is 7.91. The van der Waals surface area contributed by atoms with Crippen molar-refractivity contribution in [1.29, 1.82) is 0 Å². The Bertz CT molecular complexity index is 1090. The van der Waals surface area contributed by atoms with E-state index in [4.69, 9.17) is 0 Å². The van der Waals surface area contributed by atoms with E-state index in [-0.39, 0.29) is 5.41 Å². The fraction of sp³-hybridized carbons (Fsp3) is 0.143. The largest absolute Gasteiger partial charge is 0.0774 e. The fourth-order valence-corrected chi connectivity index (χ4v) is 4.93. The Morgan fingerprint density at radius 2 is 1.36 bits per heavy atom. The SMILES string of the molecule is CC1=CCC2=C(C=C1)c1ccc(C)cc1C2(c1ccccc1)c1ccccc1. The van der Waals surface area contributed by atoms with Crippen molar-refractivity contribution in [2.45, 2.75) is 25.7 Å². The number of hydrogen-bond donors (Lipinski definition) is 0. The van der Waals surface area contributed by atoms with Crippen molar-refractivity contribution in [2.75, 3.05) is 0 Å². The van der Waals surface area contributed by atoms with E-state index in [9.17, 15) is 0 Å². The zero-order chi connectivity index (χ0) is 19.1. The van der Waals surface area contributed by atoms with Gasteiger partial charge < -0.3 is 0 Å². The summed E-state index contributed by atoms with van der Waals surface area (Å²) < 4.78 is 0. The molecule has 3 aromatic rings. The highest BCUT2D eigenvalue weighted by Crippen LogP contribution is 2.56. The topological polar surface area (TPSA) is 0 Å². The highest BCUT2D eigenvalue weighted by molar-refractivity contribution is 5.91. The number of hydrogen-bond acceptors (Lipinski definition) is 0. The zero-order valence-electron chi connectivity index (χ0n) is 16.4. The Labute approximate surface area is 167 Å². The van der Waals surface area contributed by atoms with Gasteiger partial charge in [-0.1, -0.05) is 108 Å². The lowest BCUT2D eigenvalue weighted by Crippen LogP contribution is -2.30. The molecule has 0 bridgehead atoms. The molecule has 5 rings (SSSR count). The van der Waals surface area contributed by atoms with Gasteiger partial charge >= 0.3 is 0 Å². The van der Waals surface area contributed by atoms with Gasteiger partial charge in [-0.25, -0.2) is 0 Å². The Hall–Kier alpha value is -3.12. The van der Waals surface area contributed by atoms with E-state index in [1.54, 1.807) is 0 Å². The van der Waals surface area contributed by atoms with Crippen molar-refractivity contribution in [2.24, 2.45) is 0 Å². The first kappa shape index (κ1) is 17.0. The summed E-state index contributed by atoms with van der Waals surface area (Å²) in [7, 11) is 0. The molecular weight excluding hydrogens is 336 g/mol. The second kappa shape index (κ2) is 6.49. The van der Waals surface area contributed by atoms with Crippen molar-refractivity contribution < 1.29 is 0 Å². The minimum Gasteiger partial charge on any atom is -0.0774 e. The summed E-state index contributed by atoms with van der Waals surface area (Å²) in [5.74, 6) is 0. The molecule has 0 fully saturated rings. The Morgan fingerprint density at radius 3 is 2.00 bits per heavy atom. The first-order chi connectivity index (χ1) is 13.7.